The van der Waals surface area contributed by atoms with Crippen LogP contribution in [0.3, 0.4) is 0 Å². The third kappa shape index (κ3) is 3.41. The van der Waals surface area contributed by atoms with Gasteiger partial charge in [0.15, 0.2) is 11.6 Å². The first kappa shape index (κ1) is 15.9. The van der Waals surface area contributed by atoms with Crippen LogP contribution in [0.1, 0.15) is 11.1 Å². The van der Waals surface area contributed by atoms with Crippen LogP contribution in [0.15, 0.2) is 34.8 Å². The first-order valence-corrected chi connectivity index (χ1v) is 7.81. The second kappa shape index (κ2) is 6.53. The monoisotopic (exact) mass is 417 g/mol. The Labute approximate surface area is 137 Å². The normalized spacial score (nSPS) is 10.5. The lowest BCUT2D eigenvalue weighted by atomic mass is 10.2. The van der Waals surface area contributed by atoms with E-state index >= 15 is 0 Å². The minimum absolute atomic E-state index is 0.0112. The molecule has 0 spiro atoms. The van der Waals surface area contributed by atoms with Crippen LogP contribution in [-0.2, 0) is 5.33 Å². The molecule has 0 N–H and O–H groups in total. The number of hydrogen-bond acceptors (Lipinski definition) is 3. The van der Waals surface area contributed by atoms with Gasteiger partial charge in [0.05, 0.1) is 4.92 Å². The predicted octanol–water partition coefficient (Wildman–Crippen LogP) is 5.49. The molecule has 2 aromatic rings. The van der Waals surface area contributed by atoms with Crippen molar-refractivity contribution in [2.75, 3.05) is 0 Å². The first-order chi connectivity index (χ1) is 9.93. The summed E-state index contributed by atoms with van der Waals surface area (Å²) in [6.07, 6.45) is 0. The summed E-state index contributed by atoms with van der Waals surface area (Å²) in [7, 11) is 0. The van der Waals surface area contributed by atoms with Crippen molar-refractivity contribution in [3.63, 3.8) is 0 Å². The molecular weight excluding hydrogens is 409 g/mol. The molecule has 0 saturated carbocycles. The third-order valence-electron chi connectivity index (χ3n) is 2.81. The van der Waals surface area contributed by atoms with E-state index in [4.69, 9.17) is 4.74 Å². The van der Waals surface area contributed by atoms with Gasteiger partial charge in [0.1, 0.15) is 0 Å². The van der Waals surface area contributed by atoms with Crippen LogP contribution >= 0.6 is 31.9 Å². The number of para-hydroxylation sites is 1. The van der Waals surface area contributed by atoms with Crippen molar-refractivity contribution < 1.29 is 14.1 Å². The highest BCUT2D eigenvalue weighted by Crippen LogP contribution is 2.39. The Morgan fingerprint density at radius 1 is 1.33 bits per heavy atom. The lowest BCUT2D eigenvalue weighted by molar-refractivity contribution is -0.385. The number of nitrogens with zero attached hydrogens (tertiary/aromatic N) is 1. The molecular formula is C14H10Br2FNO3. The van der Waals surface area contributed by atoms with Gasteiger partial charge in [0.25, 0.3) is 0 Å². The predicted molar refractivity (Wildman–Crippen MR) is 84.6 cm³/mol. The number of alkyl halides is 1. The van der Waals surface area contributed by atoms with E-state index in [-0.39, 0.29) is 17.2 Å². The van der Waals surface area contributed by atoms with Crippen LogP contribution in [-0.4, -0.2) is 4.92 Å². The van der Waals surface area contributed by atoms with Gasteiger partial charge in [-0.2, -0.15) is 0 Å². The third-order valence-corrected chi connectivity index (χ3v) is 3.88. The van der Waals surface area contributed by atoms with Crippen LogP contribution in [0.25, 0.3) is 0 Å². The van der Waals surface area contributed by atoms with E-state index in [1.165, 1.54) is 12.1 Å². The van der Waals surface area contributed by atoms with Gasteiger partial charge < -0.3 is 4.74 Å². The summed E-state index contributed by atoms with van der Waals surface area (Å²) in [5.74, 6) is -0.540. The number of rotatable bonds is 4. The van der Waals surface area contributed by atoms with E-state index in [9.17, 15) is 14.5 Å². The van der Waals surface area contributed by atoms with Crippen LogP contribution < -0.4 is 4.74 Å². The average Bonchev–Trinajstić information content (AvgIpc) is 2.42. The Bertz CT molecular complexity index is 707. The first-order valence-electron chi connectivity index (χ1n) is 5.89. The number of nitro benzene ring substituents is 1. The van der Waals surface area contributed by atoms with Crippen molar-refractivity contribution >= 4 is 37.5 Å². The zero-order chi connectivity index (χ0) is 15.6. The number of halogens is 3. The molecule has 2 rings (SSSR count). The molecule has 0 aliphatic carbocycles. The lowest BCUT2D eigenvalue weighted by Crippen LogP contribution is -1.99. The molecule has 7 heteroatoms. The fraction of sp³-hybridized carbons (Fsp3) is 0.143. The van der Waals surface area contributed by atoms with Gasteiger partial charge in [-0.15, -0.1) is 0 Å². The molecule has 0 atom stereocenters. The van der Waals surface area contributed by atoms with Crippen LogP contribution in [0, 0.1) is 22.9 Å². The lowest BCUT2D eigenvalue weighted by Gasteiger charge is -2.13. The minimum atomic E-state index is -0.566. The largest absolute Gasteiger partial charge is 0.446 e. The topological polar surface area (TPSA) is 52.4 Å². The zero-order valence-electron chi connectivity index (χ0n) is 10.9. The molecule has 0 amide bonds. The second-order valence-corrected chi connectivity index (χ2v) is 5.77. The van der Waals surface area contributed by atoms with Crippen LogP contribution in [0.2, 0.25) is 0 Å². The SMILES string of the molecule is Cc1cc(Br)cc([N+](=O)[O-])c1Oc1c(F)cccc1CBr. The Kier molecular flexibility index (Phi) is 4.95. The summed E-state index contributed by atoms with van der Waals surface area (Å²) in [6, 6.07) is 7.50. The van der Waals surface area contributed by atoms with Gasteiger partial charge in [-0.3, -0.25) is 10.1 Å². The van der Waals surface area contributed by atoms with Crippen LogP contribution in [0.5, 0.6) is 11.5 Å². The molecule has 0 bridgehead atoms. The second-order valence-electron chi connectivity index (χ2n) is 4.29. The summed E-state index contributed by atoms with van der Waals surface area (Å²) < 4.78 is 20.0. The average molecular weight is 419 g/mol. The van der Waals surface area contributed by atoms with Crippen molar-refractivity contribution in [3.8, 4) is 11.5 Å². The van der Waals surface area contributed by atoms with E-state index in [1.807, 2.05) is 0 Å². The fourth-order valence-corrected chi connectivity index (χ4v) is 2.86. The van der Waals surface area contributed by atoms with E-state index in [1.54, 1.807) is 25.1 Å². The number of ether oxygens (including phenoxy) is 1. The van der Waals surface area contributed by atoms with Gasteiger partial charge in [-0.1, -0.05) is 44.0 Å². The van der Waals surface area contributed by atoms with E-state index in [0.717, 1.165) is 0 Å². The van der Waals surface area contributed by atoms with Gasteiger partial charge >= 0.3 is 5.69 Å². The Morgan fingerprint density at radius 2 is 2.05 bits per heavy atom. The molecule has 0 aliphatic heterocycles. The summed E-state index contributed by atoms with van der Waals surface area (Å²) in [5.41, 5.74) is 0.900. The van der Waals surface area contributed by atoms with Crippen LogP contribution in [0.4, 0.5) is 10.1 Å². The number of nitro groups is 1. The molecule has 0 aromatic heterocycles. The van der Waals surface area contributed by atoms with Crippen molar-refractivity contribution in [2.24, 2.45) is 0 Å². The smallest absolute Gasteiger partial charge is 0.312 e. The van der Waals surface area contributed by atoms with E-state index in [0.29, 0.717) is 20.9 Å². The maximum Gasteiger partial charge on any atom is 0.312 e. The van der Waals surface area contributed by atoms with Gasteiger partial charge in [0.2, 0.25) is 5.75 Å². The molecule has 0 radical (unpaired) electrons. The quantitative estimate of drug-likeness (QED) is 0.374. The Hall–Kier alpha value is -1.47. The molecule has 0 aliphatic rings. The molecule has 2 aromatic carbocycles. The maximum absolute atomic E-state index is 13.9. The highest BCUT2D eigenvalue weighted by Gasteiger charge is 2.22. The summed E-state index contributed by atoms with van der Waals surface area (Å²) in [5, 5.41) is 11.5. The van der Waals surface area contributed by atoms with Crippen molar-refractivity contribution in [2.45, 2.75) is 12.3 Å². The molecule has 0 fully saturated rings. The fourth-order valence-electron chi connectivity index (χ4n) is 1.86. The Balaban J connectivity index is 2.57. The minimum Gasteiger partial charge on any atom is -0.446 e. The highest BCUT2D eigenvalue weighted by molar-refractivity contribution is 9.10. The summed E-state index contributed by atoms with van der Waals surface area (Å²) in [4.78, 5) is 10.6. The summed E-state index contributed by atoms with van der Waals surface area (Å²) in [6.45, 7) is 1.67. The zero-order valence-corrected chi connectivity index (χ0v) is 14.1. The molecule has 4 nitrogen and oxygen atoms in total. The van der Waals surface area contributed by atoms with Crippen molar-refractivity contribution in [1.29, 1.82) is 0 Å². The molecule has 0 unspecified atom stereocenters. The van der Waals surface area contributed by atoms with E-state index < -0.39 is 10.7 Å². The van der Waals surface area contributed by atoms with Crippen molar-refractivity contribution in [3.05, 3.63) is 61.9 Å². The number of hydrogen-bond donors (Lipinski definition) is 0. The van der Waals surface area contributed by atoms with E-state index in [2.05, 4.69) is 31.9 Å². The summed E-state index contributed by atoms with van der Waals surface area (Å²) >= 11 is 6.45. The molecule has 0 saturated heterocycles. The maximum atomic E-state index is 13.9. The number of benzene rings is 2. The van der Waals surface area contributed by atoms with Gasteiger partial charge in [-0.05, 0) is 24.6 Å². The molecule has 110 valence electrons. The van der Waals surface area contributed by atoms with Gasteiger partial charge in [0, 0.05) is 21.4 Å². The standard InChI is InChI=1S/C14H10Br2FNO3/c1-8-5-10(16)6-12(18(19)20)13(8)21-14-9(7-15)3-2-4-11(14)17/h2-6H,7H2,1H3. The number of aryl methyl sites for hydroxylation is 1. The highest BCUT2D eigenvalue weighted by atomic mass is 79.9. The molecule has 0 heterocycles. The van der Waals surface area contributed by atoms with Gasteiger partial charge in [-0.25, -0.2) is 4.39 Å². The molecule has 21 heavy (non-hydrogen) atoms. The van der Waals surface area contributed by atoms with Crippen molar-refractivity contribution in [1.82, 2.24) is 0 Å². The Morgan fingerprint density at radius 3 is 2.67 bits per heavy atom.